The molecule has 10 nitrogen and oxygen atoms in total. The molecule has 0 N–H and O–H groups in total. The molecule has 160 valence electrons. The van der Waals surface area contributed by atoms with Crippen LogP contribution < -0.4 is 0 Å². The average molecular weight is 437 g/mol. The van der Waals surface area contributed by atoms with Gasteiger partial charge in [0.1, 0.15) is 31.1 Å². The van der Waals surface area contributed by atoms with E-state index in [-0.39, 0.29) is 43.1 Å². The number of rotatable bonds is 9. The summed E-state index contributed by atoms with van der Waals surface area (Å²) in [5, 5.41) is 0. The largest absolute Gasteiger partial charge is 0.370 e. The molecule has 3 heterocycles. The van der Waals surface area contributed by atoms with Crippen molar-refractivity contribution in [1.29, 1.82) is 0 Å². The summed E-state index contributed by atoms with van der Waals surface area (Å²) in [4.78, 5) is 32.3. The summed E-state index contributed by atoms with van der Waals surface area (Å²) in [6.45, 7) is 2.68. The van der Waals surface area contributed by atoms with E-state index in [1.807, 2.05) is 6.92 Å². The minimum atomic E-state index is -0.483. The molecule has 0 aliphatic carbocycles. The van der Waals surface area contributed by atoms with Crippen LogP contribution in [-0.2, 0) is 18.9 Å². The van der Waals surface area contributed by atoms with E-state index in [0.29, 0.717) is 6.54 Å². The highest BCUT2D eigenvalue weighted by atomic mass is 32.2. The van der Waals surface area contributed by atoms with Crippen LogP contribution in [0.25, 0.3) is 0 Å². The summed E-state index contributed by atoms with van der Waals surface area (Å²) in [5.74, 6) is 1.62. The predicted molar refractivity (Wildman–Crippen MR) is 105 cm³/mol. The van der Waals surface area contributed by atoms with Gasteiger partial charge in [-0.3, -0.25) is 14.7 Å². The number of carbonyl (C=O) groups excluding carboxylic acids is 2. The third-order valence-corrected chi connectivity index (χ3v) is 7.72. The monoisotopic (exact) mass is 436 g/mol. The third-order valence-electron chi connectivity index (χ3n) is 4.90. The molecule has 0 radical (unpaired) electrons. The number of ether oxygens (including phenoxy) is 4. The molecule has 0 aromatic heterocycles. The number of thioether (sulfide) groups is 2. The van der Waals surface area contributed by atoms with E-state index in [2.05, 4.69) is 0 Å². The number of hydrogen-bond acceptors (Lipinski definition) is 8. The van der Waals surface area contributed by atoms with Gasteiger partial charge in [-0.15, -0.1) is 23.5 Å². The lowest BCUT2D eigenvalue weighted by atomic mass is 10.3. The van der Waals surface area contributed by atoms with E-state index in [4.69, 9.17) is 18.9 Å². The van der Waals surface area contributed by atoms with E-state index < -0.39 is 12.3 Å². The van der Waals surface area contributed by atoms with Crippen LogP contribution in [0.15, 0.2) is 0 Å². The fraction of sp³-hybridized carbons (Fsp3) is 0.875. The van der Waals surface area contributed by atoms with Crippen LogP contribution in [0, 0.1) is 0 Å². The van der Waals surface area contributed by atoms with Crippen molar-refractivity contribution >= 4 is 35.6 Å². The second-order valence-corrected chi connectivity index (χ2v) is 8.87. The lowest BCUT2D eigenvalue weighted by Crippen LogP contribution is -2.48. The number of nitrogens with zero attached hydrogens (tertiary/aromatic N) is 4. The van der Waals surface area contributed by atoms with Crippen molar-refractivity contribution in [3.05, 3.63) is 0 Å². The zero-order valence-corrected chi connectivity index (χ0v) is 18.2. The standard InChI is InChI=1S/C16H28N4O6S2/c1-5-17-13-14(19(9-24-3)16(22)18(13)8-23-2)20(15(17)21)10-26-12-7-27-11(25-4)6-28-12/h11-14H,5-10H2,1-4H3. The van der Waals surface area contributed by atoms with Crippen LogP contribution in [0.5, 0.6) is 0 Å². The van der Waals surface area contributed by atoms with Gasteiger partial charge in [0.05, 0.1) is 0 Å². The van der Waals surface area contributed by atoms with Crippen molar-refractivity contribution in [3.63, 3.8) is 0 Å². The molecule has 0 aromatic carbocycles. The van der Waals surface area contributed by atoms with Crippen molar-refractivity contribution < 1.29 is 28.5 Å². The van der Waals surface area contributed by atoms with Crippen LogP contribution in [0.1, 0.15) is 6.92 Å². The van der Waals surface area contributed by atoms with Crippen molar-refractivity contribution in [2.45, 2.75) is 30.1 Å². The maximum Gasteiger partial charge on any atom is 0.327 e. The smallest absolute Gasteiger partial charge is 0.327 e. The van der Waals surface area contributed by atoms with E-state index in [0.717, 1.165) is 11.5 Å². The lowest BCUT2D eigenvalue weighted by molar-refractivity contribution is -0.0205. The molecule has 12 heteroatoms. The molecular formula is C16H28N4O6S2. The molecule has 0 saturated carbocycles. The van der Waals surface area contributed by atoms with Gasteiger partial charge in [-0.1, -0.05) is 0 Å². The number of carbonyl (C=O) groups is 2. The van der Waals surface area contributed by atoms with Crippen LogP contribution in [-0.4, -0.2) is 114 Å². The molecule has 0 spiro atoms. The van der Waals surface area contributed by atoms with Crippen LogP contribution >= 0.6 is 23.5 Å². The van der Waals surface area contributed by atoms with Crippen molar-refractivity contribution in [3.8, 4) is 0 Å². The predicted octanol–water partition coefficient (Wildman–Crippen LogP) is 1.09. The molecule has 4 unspecified atom stereocenters. The molecule has 4 amide bonds. The summed E-state index contributed by atoms with van der Waals surface area (Å²) in [6.07, 6.45) is -0.919. The average Bonchev–Trinajstić information content (AvgIpc) is 3.13. The Morgan fingerprint density at radius 2 is 1.32 bits per heavy atom. The number of fused-ring (bicyclic) bond motifs is 1. The highest BCUT2D eigenvalue weighted by Gasteiger charge is 2.59. The molecule has 3 aliphatic heterocycles. The van der Waals surface area contributed by atoms with Crippen LogP contribution in [0.2, 0.25) is 0 Å². The Kier molecular flexibility index (Phi) is 7.56. The highest BCUT2D eigenvalue weighted by molar-refractivity contribution is 8.06. The van der Waals surface area contributed by atoms with E-state index in [1.54, 1.807) is 50.2 Å². The Labute approximate surface area is 173 Å². The number of hydrogen-bond donors (Lipinski definition) is 0. The second kappa shape index (κ2) is 9.72. The Hall–Kier alpha value is -0.920. The highest BCUT2D eigenvalue weighted by Crippen LogP contribution is 2.36. The normalized spacial score (nSPS) is 30.6. The molecule has 3 rings (SSSR count). The summed E-state index contributed by atoms with van der Waals surface area (Å²) in [5.41, 5.74) is 0.145. The summed E-state index contributed by atoms with van der Waals surface area (Å²) < 4.78 is 21.8. The molecule has 28 heavy (non-hydrogen) atoms. The Morgan fingerprint density at radius 1 is 0.821 bits per heavy atom. The molecule has 3 aliphatic rings. The Morgan fingerprint density at radius 3 is 1.82 bits per heavy atom. The van der Waals surface area contributed by atoms with E-state index in [1.165, 1.54) is 14.2 Å². The van der Waals surface area contributed by atoms with Crippen molar-refractivity contribution in [2.75, 3.05) is 59.6 Å². The first-order valence-corrected chi connectivity index (χ1v) is 11.2. The van der Waals surface area contributed by atoms with Gasteiger partial charge in [0.25, 0.3) is 0 Å². The molecule has 0 aromatic rings. The minimum absolute atomic E-state index is 0.0265. The Bertz CT molecular complexity index is 565. The SMILES string of the molecule is CCN1C(=O)N(COC2CSC(OC)CS2)C2C1N(COC)C(=O)N2COC. The van der Waals surface area contributed by atoms with Gasteiger partial charge in [0, 0.05) is 39.4 Å². The zero-order chi connectivity index (χ0) is 20.3. The number of amides is 4. The number of urea groups is 2. The molecule has 4 atom stereocenters. The number of likely N-dealkylation sites (N-methyl/N-ethyl adjacent to an activating group) is 1. The maximum absolute atomic E-state index is 13.0. The third kappa shape index (κ3) is 4.03. The first-order valence-electron chi connectivity index (χ1n) is 9.07. The first-order chi connectivity index (χ1) is 13.6. The van der Waals surface area contributed by atoms with Gasteiger partial charge in [-0.05, 0) is 6.92 Å². The van der Waals surface area contributed by atoms with E-state index in [9.17, 15) is 9.59 Å². The van der Waals surface area contributed by atoms with Gasteiger partial charge in [-0.25, -0.2) is 9.59 Å². The van der Waals surface area contributed by atoms with Crippen molar-refractivity contribution in [2.24, 2.45) is 0 Å². The minimum Gasteiger partial charge on any atom is -0.370 e. The molecule has 0 bridgehead atoms. The molecule has 3 fully saturated rings. The fourth-order valence-corrected chi connectivity index (χ4v) is 6.13. The summed E-state index contributed by atoms with van der Waals surface area (Å²) >= 11 is 3.38. The van der Waals surface area contributed by atoms with Gasteiger partial charge >= 0.3 is 12.1 Å². The lowest BCUT2D eigenvalue weighted by Gasteiger charge is -2.31. The summed E-state index contributed by atoms with van der Waals surface area (Å²) in [7, 11) is 4.76. The van der Waals surface area contributed by atoms with E-state index >= 15 is 0 Å². The Balaban J connectivity index is 1.73. The zero-order valence-electron chi connectivity index (χ0n) is 16.6. The maximum atomic E-state index is 13.0. The fourth-order valence-electron chi connectivity index (χ4n) is 3.62. The first kappa shape index (κ1) is 21.8. The van der Waals surface area contributed by atoms with Gasteiger partial charge in [0.2, 0.25) is 0 Å². The quantitative estimate of drug-likeness (QED) is 0.531. The molecule has 3 saturated heterocycles. The molecular weight excluding hydrogens is 408 g/mol. The number of methoxy groups -OCH3 is 3. The topological polar surface area (TPSA) is 84.0 Å². The summed E-state index contributed by atoms with van der Waals surface area (Å²) in [6, 6.07) is -0.379. The van der Waals surface area contributed by atoms with Gasteiger partial charge in [0.15, 0.2) is 12.3 Å². The van der Waals surface area contributed by atoms with Crippen molar-refractivity contribution in [1.82, 2.24) is 19.6 Å². The van der Waals surface area contributed by atoms with Crippen LogP contribution in [0.3, 0.4) is 0 Å². The van der Waals surface area contributed by atoms with Gasteiger partial charge in [-0.2, -0.15) is 0 Å². The van der Waals surface area contributed by atoms with Gasteiger partial charge < -0.3 is 23.8 Å². The second-order valence-electron chi connectivity index (χ2n) is 6.48. The van der Waals surface area contributed by atoms with Crippen LogP contribution in [0.4, 0.5) is 9.59 Å².